The van der Waals surface area contributed by atoms with Gasteiger partial charge in [-0.2, -0.15) is 5.10 Å². The van der Waals surface area contributed by atoms with E-state index < -0.39 is 0 Å². The van der Waals surface area contributed by atoms with Gasteiger partial charge in [0.1, 0.15) is 12.4 Å². The Morgan fingerprint density at radius 2 is 1.81 bits per heavy atom. The number of amides is 3. The van der Waals surface area contributed by atoms with Crippen LogP contribution >= 0.6 is 39.1 Å². The van der Waals surface area contributed by atoms with Gasteiger partial charge in [0, 0.05) is 28.2 Å². The summed E-state index contributed by atoms with van der Waals surface area (Å²) >= 11 is 15.7. The zero-order valence-electron chi connectivity index (χ0n) is 20.7. The van der Waals surface area contributed by atoms with Crippen molar-refractivity contribution in [3.05, 3.63) is 68.7 Å². The van der Waals surface area contributed by atoms with E-state index in [4.69, 9.17) is 28.3 Å². The summed E-state index contributed by atoms with van der Waals surface area (Å²) in [6.45, 7) is 8.49. The second-order valence-electron chi connectivity index (χ2n) is 9.44. The minimum Gasteiger partial charge on any atom is -0.315 e. The molecule has 36 heavy (non-hydrogen) atoms. The van der Waals surface area contributed by atoms with Crippen LogP contribution in [0.3, 0.4) is 0 Å². The molecule has 7 nitrogen and oxygen atoms in total. The highest BCUT2D eigenvalue weighted by atomic mass is 79.9. The first kappa shape index (κ1) is 28.0. The van der Waals surface area contributed by atoms with Gasteiger partial charge in [-0.15, -0.1) is 0 Å². The van der Waals surface area contributed by atoms with Crippen molar-refractivity contribution < 1.29 is 9.59 Å². The molecule has 0 unspecified atom stereocenters. The largest absolute Gasteiger partial charge is 0.322 e. The molecule has 10 heteroatoms. The predicted octanol–water partition coefficient (Wildman–Crippen LogP) is 7.51. The molecule has 0 spiro atoms. The molecule has 2 aromatic carbocycles. The SMILES string of the molecule is CCCCN(CC(=O)Nc1cc(C(C)(C)C)nn1-c1ccc(Cl)c(Cl)c1)C(=O)Nc1cccc(Br)c1. The molecule has 0 fully saturated rings. The third-order valence-electron chi connectivity index (χ3n) is 5.37. The van der Waals surface area contributed by atoms with Crippen molar-refractivity contribution in [3.63, 3.8) is 0 Å². The molecule has 0 aliphatic carbocycles. The summed E-state index contributed by atoms with van der Waals surface area (Å²) in [5.41, 5.74) is 1.84. The molecule has 3 aromatic rings. The summed E-state index contributed by atoms with van der Waals surface area (Å²) in [6, 6.07) is 14.0. The molecule has 1 aromatic heterocycles. The highest BCUT2D eigenvalue weighted by Crippen LogP contribution is 2.29. The normalized spacial score (nSPS) is 11.3. The highest BCUT2D eigenvalue weighted by molar-refractivity contribution is 9.10. The molecule has 0 aliphatic heterocycles. The van der Waals surface area contributed by atoms with Gasteiger partial charge in [0.25, 0.3) is 0 Å². The topological polar surface area (TPSA) is 79.3 Å². The summed E-state index contributed by atoms with van der Waals surface area (Å²) in [6.07, 6.45) is 1.66. The van der Waals surface area contributed by atoms with E-state index in [1.54, 1.807) is 35.0 Å². The third kappa shape index (κ3) is 7.48. The fourth-order valence-electron chi connectivity index (χ4n) is 3.38. The Bertz CT molecular complexity index is 1240. The first-order valence-electron chi connectivity index (χ1n) is 11.6. The van der Waals surface area contributed by atoms with E-state index in [0.717, 1.165) is 23.0 Å². The van der Waals surface area contributed by atoms with Crippen molar-refractivity contribution in [1.29, 1.82) is 0 Å². The molecular formula is C26H30BrCl2N5O2. The van der Waals surface area contributed by atoms with E-state index in [1.165, 1.54) is 4.90 Å². The Morgan fingerprint density at radius 1 is 1.06 bits per heavy atom. The van der Waals surface area contributed by atoms with Gasteiger partial charge in [-0.3, -0.25) is 4.79 Å². The Labute approximate surface area is 230 Å². The fraction of sp³-hybridized carbons (Fsp3) is 0.346. The monoisotopic (exact) mass is 593 g/mol. The van der Waals surface area contributed by atoms with E-state index in [2.05, 4.69) is 26.6 Å². The summed E-state index contributed by atoms with van der Waals surface area (Å²) < 4.78 is 2.47. The van der Waals surface area contributed by atoms with Crippen molar-refractivity contribution in [2.45, 2.75) is 46.0 Å². The van der Waals surface area contributed by atoms with Crippen LogP contribution in [0.4, 0.5) is 16.3 Å². The van der Waals surface area contributed by atoms with E-state index in [9.17, 15) is 9.59 Å². The molecule has 3 amide bonds. The van der Waals surface area contributed by atoms with Crippen molar-refractivity contribution in [2.75, 3.05) is 23.7 Å². The quantitative estimate of drug-likeness (QED) is 0.283. The number of benzene rings is 2. The van der Waals surface area contributed by atoms with Crippen LogP contribution < -0.4 is 10.6 Å². The van der Waals surface area contributed by atoms with Crippen molar-refractivity contribution in [1.82, 2.24) is 14.7 Å². The predicted molar refractivity (Wildman–Crippen MR) is 151 cm³/mol. The summed E-state index contributed by atoms with van der Waals surface area (Å²) in [7, 11) is 0. The van der Waals surface area contributed by atoms with Crippen LogP contribution in [-0.2, 0) is 10.2 Å². The van der Waals surface area contributed by atoms with Crippen molar-refractivity contribution in [3.8, 4) is 5.69 Å². The van der Waals surface area contributed by atoms with Gasteiger partial charge in [0.2, 0.25) is 5.91 Å². The van der Waals surface area contributed by atoms with Crippen LogP contribution in [0.2, 0.25) is 10.0 Å². The molecule has 3 rings (SSSR count). The minimum atomic E-state index is -0.343. The molecule has 192 valence electrons. The second kappa shape index (κ2) is 12.1. The number of aromatic nitrogens is 2. The average molecular weight is 595 g/mol. The Hall–Kier alpha value is -2.55. The van der Waals surface area contributed by atoms with Crippen molar-refractivity contribution >= 4 is 62.6 Å². The standard InChI is InChI=1S/C26H30BrCl2N5O2/c1-5-6-12-33(25(36)30-18-9-7-8-17(27)13-18)16-24(35)31-23-15-22(26(2,3)4)32-34(23)19-10-11-20(28)21(29)14-19/h7-11,13-15H,5-6,12,16H2,1-4H3,(H,30,36)(H,31,35). The van der Waals surface area contributed by atoms with Gasteiger partial charge >= 0.3 is 6.03 Å². The molecular weight excluding hydrogens is 565 g/mol. The molecule has 0 bridgehead atoms. The van der Waals surface area contributed by atoms with E-state index >= 15 is 0 Å². The van der Waals surface area contributed by atoms with Gasteiger partial charge in [0.15, 0.2) is 0 Å². The zero-order valence-corrected chi connectivity index (χ0v) is 23.8. The number of halogens is 3. The molecule has 1 heterocycles. The average Bonchev–Trinajstić information content (AvgIpc) is 3.22. The maximum Gasteiger partial charge on any atom is 0.322 e. The van der Waals surface area contributed by atoms with E-state index in [-0.39, 0.29) is 23.9 Å². The smallest absolute Gasteiger partial charge is 0.315 e. The van der Waals surface area contributed by atoms with Gasteiger partial charge in [0.05, 0.1) is 21.4 Å². The maximum absolute atomic E-state index is 13.1. The molecule has 2 N–H and O–H groups in total. The van der Waals surface area contributed by atoms with Gasteiger partial charge in [-0.25, -0.2) is 9.48 Å². The molecule has 0 radical (unpaired) electrons. The molecule has 0 saturated heterocycles. The van der Waals surface area contributed by atoms with Crippen LogP contribution in [0.15, 0.2) is 53.0 Å². The molecule has 0 saturated carbocycles. The zero-order chi connectivity index (χ0) is 26.5. The number of rotatable bonds is 8. The minimum absolute atomic E-state index is 0.114. The molecule has 0 atom stereocenters. The lowest BCUT2D eigenvalue weighted by Gasteiger charge is -2.22. The number of carbonyl (C=O) groups is 2. The van der Waals surface area contributed by atoms with E-state index in [0.29, 0.717) is 33.8 Å². The van der Waals surface area contributed by atoms with Crippen LogP contribution in [0.25, 0.3) is 5.69 Å². The van der Waals surface area contributed by atoms with Gasteiger partial charge in [-0.05, 0) is 42.8 Å². The molecule has 0 aliphatic rings. The lowest BCUT2D eigenvalue weighted by atomic mass is 9.92. The second-order valence-corrected chi connectivity index (χ2v) is 11.2. The fourth-order valence-corrected chi connectivity index (χ4v) is 4.07. The van der Waals surface area contributed by atoms with Crippen LogP contribution in [0, 0.1) is 0 Å². The van der Waals surface area contributed by atoms with Gasteiger partial charge in [-0.1, -0.05) is 79.3 Å². The van der Waals surface area contributed by atoms with Crippen molar-refractivity contribution in [2.24, 2.45) is 0 Å². The van der Waals surface area contributed by atoms with Crippen LogP contribution in [-0.4, -0.2) is 39.7 Å². The first-order chi connectivity index (χ1) is 17.0. The Balaban J connectivity index is 1.83. The van der Waals surface area contributed by atoms with Crippen LogP contribution in [0.5, 0.6) is 0 Å². The lowest BCUT2D eigenvalue weighted by molar-refractivity contribution is -0.116. The number of carbonyl (C=O) groups excluding carboxylic acids is 2. The van der Waals surface area contributed by atoms with Gasteiger partial charge < -0.3 is 15.5 Å². The Kier molecular flexibility index (Phi) is 9.44. The van der Waals surface area contributed by atoms with Crippen LogP contribution in [0.1, 0.15) is 46.2 Å². The van der Waals surface area contributed by atoms with E-state index in [1.807, 2.05) is 45.9 Å². The summed E-state index contributed by atoms with van der Waals surface area (Å²) in [4.78, 5) is 27.6. The maximum atomic E-state index is 13.1. The number of unbranched alkanes of at least 4 members (excludes halogenated alkanes) is 1. The number of nitrogens with zero attached hydrogens (tertiary/aromatic N) is 3. The third-order valence-corrected chi connectivity index (χ3v) is 6.60. The number of anilines is 2. The number of nitrogens with one attached hydrogen (secondary N) is 2. The summed E-state index contributed by atoms with van der Waals surface area (Å²) in [5.74, 6) is 0.142. The number of urea groups is 1. The highest BCUT2D eigenvalue weighted by Gasteiger charge is 2.23. The lowest BCUT2D eigenvalue weighted by Crippen LogP contribution is -2.41. The summed E-state index contributed by atoms with van der Waals surface area (Å²) in [5, 5.41) is 11.3. The first-order valence-corrected chi connectivity index (χ1v) is 13.2. The number of hydrogen-bond acceptors (Lipinski definition) is 3. The number of hydrogen-bond donors (Lipinski definition) is 2. The Morgan fingerprint density at radius 3 is 2.44 bits per heavy atom.